The molecule has 0 aliphatic heterocycles. The van der Waals surface area contributed by atoms with Gasteiger partial charge in [0.15, 0.2) is 21.3 Å². The number of hydrogen-bond donors (Lipinski definition) is 3. The van der Waals surface area contributed by atoms with Crippen molar-refractivity contribution in [2.45, 2.75) is 81.3 Å². The zero-order chi connectivity index (χ0) is 59.2. The molecule has 0 bridgehead atoms. The van der Waals surface area contributed by atoms with Crippen LogP contribution in [0.2, 0.25) is 5.02 Å². The van der Waals surface area contributed by atoms with Gasteiger partial charge < -0.3 is 14.7 Å². The summed E-state index contributed by atoms with van der Waals surface area (Å²) >= 11 is 6.72. The summed E-state index contributed by atoms with van der Waals surface area (Å²) in [7, 11) is -13.1. The summed E-state index contributed by atoms with van der Waals surface area (Å²) in [5.74, 6) is -6.76. The third-order valence-corrected chi connectivity index (χ3v) is 16.6. The van der Waals surface area contributed by atoms with Crippen molar-refractivity contribution in [2.75, 3.05) is 23.9 Å². The number of sulfone groups is 1. The Balaban J connectivity index is 1.34. The van der Waals surface area contributed by atoms with Crippen LogP contribution in [0.3, 0.4) is 0 Å². The molecule has 0 spiro atoms. The Bertz CT molecular complexity index is 3860. The first-order valence-corrected chi connectivity index (χ1v) is 28.8. The highest BCUT2D eigenvalue weighted by atomic mass is 35.5. The minimum Gasteiger partial charge on any atom is -0.404 e. The number of nitrogens with zero attached hydrogens (tertiary/aromatic N) is 7. The Hall–Kier alpha value is -6.77. The minimum absolute atomic E-state index is 0.0174. The monoisotopic (exact) mass is 1210 g/mol. The van der Waals surface area contributed by atoms with E-state index in [9.17, 15) is 75.9 Å². The molecule has 3 heterocycles. The van der Waals surface area contributed by atoms with Gasteiger partial charge in [0.25, 0.3) is 5.92 Å². The molecule has 428 valence electrons. The molecule has 0 radical (unpaired) electrons. The zero-order valence-corrected chi connectivity index (χ0v) is 45.1. The van der Waals surface area contributed by atoms with Crippen LogP contribution in [0.15, 0.2) is 66.7 Å². The number of rotatable bonds is 15. The van der Waals surface area contributed by atoms with E-state index in [-0.39, 0.29) is 42.5 Å². The minimum atomic E-state index is -5.25. The van der Waals surface area contributed by atoms with E-state index in [4.69, 9.17) is 16.1 Å². The SMILES string of the molecule is CN(Cc1ccccc1OP(=O)(O)O)C(=O)N(c1nn(CC(F)(F)F)c2c(-c3ccc(C#CC(C)(C)S(C)(=O)=O)nc3C(Cc3cc(F)cc(F)c3)NC(=O)Cn3nc(C(F)(F)F)c4c3C(F)(F)[C@@H]3C[C@H]43)ccc(Cl)c12)S(C)(=O)=O. The van der Waals surface area contributed by atoms with E-state index in [2.05, 4.69) is 32.3 Å². The van der Waals surface area contributed by atoms with Crippen LogP contribution >= 0.6 is 19.4 Å². The van der Waals surface area contributed by atoms with Crippen molar-refractivity contribution < 1.29 is 89.2 Å². The largest absolute Gasteiger partial charge is 0.524 e. The Morgan fingerprint density at radius 3 is 2.19 bits per heavy atom. The zero-order valence-electron chi connectivity index (χ0n) is 41.8. The number of carbonyl (C=O) groups excluding carboxylic acids is 2. The first kappa shape index (κ1) is 59.4. The molecular weight excluding hydrogens is 1170 g/mol. The molecule has 1 saturated carbocycles. The lowest BCUT2D eigenvalue weighted by Crippen LogP contribution is -2.44. The first-order valence-electron chi connectivity index (χ1n) is 23.1. The van der Waals surface area contributed by atoms with Crippen LogP contribution in [0.1, 0.15) is 71.7 Å². The summed E-state index contributed by atoms with van der Waals surface area (Å²) in [5.41, 5.74) is -6.38. The second-order valence-corrected chi connectivity index (χ2v) is 25.3. The lowest BCUT2D eigenvalue weighted by atomic mass is 9.93. The Labute approximate surface area is 452 Å². The molecule has 80 heavy (non-hydrogen) atoms. The maximum Gasteiger partial charge on any atom is 0.524 e. The molecule has 32 heteroatoms. The van der Waals surface area contributed by atoms with Gasteiger partial charge >= 0.3 is 26.2 Å². The van der Waals surface area contributed by atoms with Gasteiger partial charge in [-0.05, 0) is 80.5 Å². The molecule has 3 N–H and O–H groups in total. The number of amides is 3. The van der Waals surface area contributed by atoms with Crippen molar-refractivity contribution in [3.8, 4) is 28.7 Å². The number of benzene rings is 3. The highest BCUT2D eigenvalue weighted by molar-refractivity contribution is 7.93. The van der Waals surface area contributed by atoms with E-state index in [1.165, 1.54) is 32.0 Å². The smallest absolute Gasteiger partial charge is 0.404 e. The van der Waals surface area contributed by atoms with Crippen molar-refractivity contribution in [1.29, 1.82) is 0 Å². The lowest BCUT2D eigenvalue weighted by molar-refractivity contribution is -0.143. The average Bonchev–Trinajstić information content (AvgIpc) is 2.82. The van der Waals surface area contributed by atoms with Crippen molar-refractivity contribution in [1.82, 2.24) is 34.8 Å². The molecule has 8 rings (SSSR count). The molecule has 2 aliphatic carbocycles. The summed E-state index contributed by atoms with van der Waals surface area (Å²) in [4.78, 5) is 52.8. The number of sulfonamides is 1. The van der Waals surface area contributed by atoms with Crippen molar-refractivity contribution in [3.63, 3.8) is 0 Å². The lowest BCUT2D eigenvalue weighted by Gasteiger charge is -2.26. The summed E-state index contributed by atoms with van der Waals surface area (Å²) in [6.45, 7) is -1.62. The van der Waals surface area contributed by atoms with Crippen molar-refractivity contribution in [3.05, 3.63) is 123 Å². The van der Waals surface area contributed by atoms with E-state index in [0.717, 1.165) is 55.8 Å². The van der Waals surface area contributed by atoms with Gasteiger partial charge in [-0.1, -0.05) is 41.8 Å². The number of pyridine rings is 1. The second-order valence-electron chi connectivity index (χ2n) is 19.4. The number of hydrogen-bond acceptors (Lipinski definition) is 11. The highest BCUT2D eigenvalue weighted by Gasteiger charge is 2.68. The molecular formula is C48H42ClF10N8O10PS2. The van der Waals surface area contributed by atoms with E-state index >= 15 is 8.78 Å². The molecule has 1 unspecified atom stereocenters. The third-order valence-electron chi connectivity index (χ3n) is 12.9. The Morgan fingerprint density at radius 2 is 1.59 bits per heavy atom. The van der Waals surface area contributed by atoms with Crippen LogP contribution in [-0.2, 0) is 67.4 Å². The molecule has 18 nitrogen and oxygen atoms in total. The fourth-order valence-corrected chi connectivity index (χ4v) is 10.9. The summed E-state index contributed by atoms with van der Waals surface area (Å²) < 4.78 is 216. The van der Waals surface area contributed by atoms with Crippen LogP contribution in [0.5, 0.6) is 5.75 Å². The maximum atomic E-state index is 15.7. The van der Waals surface area contributed by atoms with Crippen LogP contribution in [-0.4, -0.2) is 98.5 Å². The van der Waals surface area contributed by atoms with E-state index < -0.39 is 174 Å². The van der Waals surface area contributed by atoms with Crippen LogP contribution < -0.4 is 14.1 Å². The number of phosphoric ester groups is 1. The predicted molar refractivity (Wildman–Crippen MR) is 266 cm³/mol. The quantitative estimate of drug-likeness (QED) is 0.0496. The average molecular weight is 1210 g/mol. The van der Waals surface area contributed by atoms with Crippen LogP contribution in [0, 0.1) is 29.4 Å². The van der Waals surface area contributed by atoms with Gasteiger partial charge in [0, 0.05) is 47.5 Å². The van der Waals surface area contributed by atoms with E-state index in [1.54, 1.807) is 0 Å². The third kappa shape index (κ3) is 12.3. The fraction of sp³-hybridized carbons (Fsp3) is 0.354. The molecule has 3 atom stereocenters. The van der Waals surface area contributed by atoms with Gasteiger partial charge in [-0.3, -0.25) is 23.9 Å². The van der Waals surface area contributed by atoms with Crippen molar-refractivity contribution in [2.24, 2.45) is 5.92 Å². The van der Waals surface area contributed by atoms with Gasteiger partial charge in [0.1, 0.15) is 46.6 Å². The number of halogens is 11. The van der Waals surface area contributed by atoms with Gasteiger partial charge in [-0.2, -0.15) is 49.6 Å². The normalized spacial score (nSPS) is 16.6. The maximum absolute atomic E-state index is 15.7. The number of phosphoric acid groups is 1. The number of alkyl halides is 8. The number of urea groups is 1. The number of carbonyl (C=O) groups is 2. The topological polar surface area (TPSA) is 236 Å². The van der Waals surface area contributed by atoms with Gasteiger partial charge in [-0.15, -0.1) is 0 Å². The van der Waals surface area contributed by atoms with Gasteiger partial charge in [-0.25, -0.2) is 40.0 Å². The Kier molecular flexibility index (Phi) is 15.3. The highest BCUT2D eigenvalue weighted by Crippen LogP contribution is 2.68. The summed E-state index contributed by atoms with van der Waals surface area (Å²) in [6.07, 6.45) is -10.2. The number of fused-ring (bicyclic) bond motifs is 4. The first-order chi connectivity index (χ1) is 36.8. The van der Waals surface area contributed by atoms with E-state index in [1.807, 2.05) is 0 Å². The molecule has 3 amide bonds. The summed E-state index contributed by atoms with van der Waals surface area (Å²) in [5, 5.41) is 8.54. The van der Waals surface area contributed by atoms with Crippen LogP contribution in [0.25, 0.3) is 22.0 Å². The Morgan fingerprint density at radius 1 is 0.950 bits per heavy atom. The molecule has 3 aromatic carbocycles. The molecule has 3 aromatic heterocycles. The fourth-order valence-electron chi connectivity index (χ4n) is 9.12. The standard InChI is InChI=1S/C48H42ClF10N8O10PS2/c1-45(2,79(4,73)74)15-14-28-10-11-29(39(60-28)34(18-24-16-26(50)19-27(51)17-24)61-36(68)22-65-42-37(41(62-65)48(57,58)59)31-20-32(31)47(42,55)56)30-12-13-33(49)38-40(30)66(23-46(52,53)54)63-43(38)67(80(5,75)76)44(69)64(3)21-25-8-6-7-9-35(25)77-78(70,71)72/h6-13,16-17,19,31-32,34H,18,20-23H2,1-5H3,(H,61,68)(H2,70,71,72)/t31-,32+,34?/m0/s1. The summed E-state index contributed by atoms with van der Waals surface area (Å²) in [6, 6.07) is 8.02. The molecule has 0 saturated heterocycles. The number of anilines is 1. The van der Waals surface area contributed by atoms with Crippen molar-refractivity contribution >= 4 is 67.9 Å². The molecule has 1 fully saturated rings. The number of para-hydroxylation sites is 1. The predicted octanol–water partition coefficient (Wildman–Crippen LogP) is 8.78. The number of aromatic nitrogens is 5. The molecule has 2 aliphatic rings. The van der Waals surface area contributed by atoms with E-state index in [0.29, 0.717) is 17.2 Å². The van der Waals surface area contributed by atoms with Crippen LogP contribution in [0.4, 0.5) is 54.5 Å². The van der Waals surface area contributed by atoms with Gasteiger partial charge in [0.05, 0.1) is 40.5 Å². The second kappa shape index (κ2) is 20.6. The van der Waals surface area contributed by atoms with Gasteiger partial charge in [0.2, 0.25) is 15.9 Å². The number of nitrogens with one attached hydrogen (secondary N) is 1. The molecule has 6 aromatic rings.